The SMILES string of the molecule is CCCc1cc(Sc2ccc(NS(=O)(=O)c3ccc(C(C)(C)C)cc3)cc2)n2ncnc2n1. The lowest BCUT2D eigenvalue weighted by molar-refractivity contribution is 0.587. The second-order valence-electron chi connectivity index (χ2n) is 8.81. The number of fused-ring (bicyclic) bond motifs is 1. The maximum atomic E-state index is 12.8. The quantitative estimate of drug-likeness (QED) is 0.359. The zero-order valence-electron chi connectivity index (χ0n) is 19.1. The van der Waals surface area contributed by atoms with Crippen LogP contribution in [-0.4, -0.2) is 28.0 Å². The average molecular weight is 482 g/mol. The molecule has 0 radical (unpaired) electrons. The Balaban J connectivity index is 1.51. The third-order valence-electron chi connectivity index (χ3n) is 5.14. The highest BCUT2D eigenvalue weighted by atomic mass is 32.2. The third kappa shape index (κ3) is 5.36. The third-order valence-corrected chi connectivity index (χ3v) is 7.54. The fraction of sp³-hybridized carbons (Fsp3) is 0.292. The molecule has 0 spiro atoms. The summed E-state index contributed by atoms with van der Waals surface area (Å²) < 4.78 is 30.0. The highest BCUT2D eigenvalue weighted by Crippen LogP contribution is 2.30. The minimum atomic E-state index is -3.67. The average Bonchev–Trinajstić information content (AvgIpc) is 3.24. The highest BCUT2D eigenvalue weighted by Gasteiger charge is 2.18. The Morgan fingerprint density at radius 2 is 1.73 bits per heavy atom. The molecule has 172 valence electrons. The number of hydrogen-bond donors (Lipinski definition) is 1. The highest BCUT2D eigenvalue weighted by molar-refractivity contribution is 7.99. The molecule has 1 N–H and O–H groups in total. The van der Waals surface area contributed by atoms with Gasteiger partial charge in [0.1, 0.15) is 11.4 Å². The Morgan fingerprint density at radius 1 is 1.03 bits per heavy atom. The summed E-state index contributed by atoms with van der Waals surface area (Å²) in [5.41, 5.74) is 2.53. The Bertz CT molecular complexity index is 1360. The van der Waals surface area contributed by atoms with Crippen LogP contribution in [-0.2, 0) is 21.9 Å². The van der Waals surface area contributed by atoms with Crippen LogP contribution in [0.3, 0.4) is 0 Å². The van der Waals surface area contributed by atoms with Gasteiger partial charge in [-0.25, -0.2) is 13.4 Å². The summed E-state index contributed by atoms with van der Waals surface area (Å²) in [4.78, 5) is 9.94. The minimum Gasteiger partial charge on any atom is -0.280 e. The monoisotopic (exact) mass is 481 g/mol. The standard InChI is InChI=1S/C24H27N5O2S2/c1-5-6-19-15-22(29-23(27-19)25-16-26-29)32-20-11-9-18(10-12-20)28-33(30,31)21-13-7-17(8-14-21)24(2,3)4/h7-16,28H,5-6H2,1-4H3. The molecule has 7 nitrogen and oxygen atoms in total. The van der Waals surface area contributed by atoms with Crippen molar-refractivity contribution in [1.29, 1.82) is 0 Å². The molecular weight excluding hydrogens is 454 g/mol. The van der Waals surface area contributed by atoms with Gasteiger partial charge < -0.3 is 0 Å². The molecule has 2 aromatic heterocycles. The maximum absolute atomic E-state index is 12.8. The fourth-order valence-corrected chi connectivity index (χ4v) is 5.33. The molecule has 0 saturated heterocycles. The van der Waals surface area contributed by atoms with Gasteiger partial charge in [-0.3, -0.25) is 4.72 Å². The first-order valence-corrected chi connectivity index (χ1v) is 13.1. The van der Waals surface area contributed by atoms with Gasteiger partial charge in [-0.05, 0) is 59.9 Å². The number of aromatic nitrogens is 4. The van der Waals surface area contributed by atoms with Gasteiger partial charge in [0.15, 0.2) is 0 Å². The summed E-state index contributed by atoms with van der Waals surface area (Å²) in [6.45, 7) is 8.40. The van der Waals surface area contributed by atoms with Crippen LogP contribution in [0.15, 0.2) is 75.7 Å². The van der Waals surface area contributed by atoms with E-state index in [0.717, 1.165) is 34.0 Å². The number of nitrogens with one attached hydrogen (secondary N) is 1. The number of nitrogens with zero attached hydrogens (tertiary/aromatic N) is 4. The molecule has 4 aromatic rings. The number of hydrogen-bond acceptors (Lipinski definition) is 6. The van der Waals surface area contributed by atoms with E-state index in [-0.39, 0.29) is 10.3 Å². The van der Waals surface area contributed by atoms with Crippen LogP contribution in [0.2, 0.25) is 0 Å². The second kappa shape index (κ2) is 9.15. The first kappa shape index (κ1) is 23.3. The lowest BCUT2D eigenvalue weighted by atomic mass is 9.87. The topological polar surface area (TPSA) is 89.2 Å². The Hall–Kier alpha value is -2.91. The van der Waals surface area contributed by atoms with Crippen molar-refractivity contribution < 1.29 is 8.42 Å². The second-order valence-corrected chi connectivity index (χ2v) is 11.6. The van der Waals surface area contributed by atoms with Crippen LogP contribution >= 0.6 is 11.8 Å². The van der Waals surface area contributed by atoms with Crippen molar-refractivity contribution >= 4 is 33.3 Å². The van der Waals surface area contributed by atoms with Crippen molar-refractivity contribution in [2.24, 2.45) is 0 Å². The van der Waals surface area contributed by atoms with E-state index in [2.05, 4.69) is 47.5 Å². The largest absolute Gasteiger partial charge is 0.280 e. The Morgan fingerprint density at radius 3 is 2.36 bits per heavy atom. The van der Waals surface area contributed by atoms with E-state index in [1.165, 1.54) is 18.1 Å². The van der Waals surface area contributed by atoms with Crippen LogP contribution < -0.4 is 4.72 Å². The van der Waals surface area contributed by atoms with E-state index >= 15 is 0 Å². The smallest absolute Gasteiger partial charge is 0.261 e. The summed E-state index contributed by atoms with van der Waals surface area (Å²) in [7, 11) is -3.67. The molecule has 9 heteroatoms. The molecule has 0 bridgehead atoms. The van der Waals surface area contributed by atoms with Gasteiger partial charge in [0, 0.05) is 16.3 Å². The molecule has 0 saturated carbocycles. The van der Waals surface area contributed by atoms with Crippen molar-refractivity contribution in [1.82, 2.24) is 19.6 Å². The summed E-state index contributed by atoms with van der Waals surface area (Å²) in [6.07, 6.45) is 3.36. The van der Waals surface area contributed by atoms with Gasteiger partial charge in [0.05, 0.1) is 4.90 Å². The summed E-state index contributed by atoms with van der Waals surface area (Å²) >= 11 is 1.53. The zero-order chi connectivity index (χ0) is 23.6. The molecule has 0 aliphatic carbocycles. The van der Waals surface area contributed by atoms with E-state index in [1.54, 1.807) is 28.8 Å². The number of benzene rings is 2. The number of aryl methyl sites for hydroxylation is 1. The lowest BCUT2D eigenvalue weighted by Gasteiger charge is -2.19. The normalized spacial score (nSPS) is 12.2. The van der Waals surface area contributed by atoms with Crippen molar-refractivity contribution in [2.75, 3.05) is 4.72 Å². The van der Waals surface area contributed by atoms with Gasteiger partial charge in [0.25, 0.3) is 15.8 Å². The van der Waals surface area contributed by atoms with Crippen LogP contribution in [0.25, 0.3) is 5.78 Å². The molecule has 0 fully saturated rings. The summed E-state index contributed by atoms with van der Waals surface area (Å²) in [6, 6.07) is 16.3. The molecule has 0 unspecified atom stereocenters. The molecule has 2 heterocycles. The predicted molar refractivity (Wildman–Crippen MR) is 131 cm³/mol. The van der Waals surface area contributed by atoms with E-state index in [1.807, 2.05) is 30.3 Å². The molecular formula is C24H27N5O2S2. The summed E-state index contributed by atoms with van der Waals surface area (Å²) in [5.74, 6) is 0.574. The van der Waals surface area contributed by atoms with Crippen LogP contribution in [0.1, 0.15) is 45.4 Å². The van der Waals surface area contributed by atoms with E-state index in [4.69, 9.17) is 0 Å². The van der Waals surface area contributed by atoms with Crippen molar-refractivity contribution in [3.05, 3.63) is 72.2 Å². The van der Waals surface area contributed by atoms with Gasteiger partial charge in [0.2, 0.25) is 0 Å². The maximum Gasteiger partial charge on any atom is 0.261 e. The van der Waals surface area contributed by atoms with Crippen molar-refractivity contribution in [3.63, 3.8) is 0 Å². The Kier molecular flexibility index (Phi) is 6.45. The van der Waals surface area contributed by atoms with Crippen LogP contribution in [0.5, 0.6) is 0 Å². The van der Waals surface area contributed by atoms with E-state index in [0.29, 0.717) is 11.5 Å². The molecule has 0 atom stereocenters. The first-order valence-electron chi connectivity index (χ1n) is 10.8. The number of anilines is 1. The molecule has 0 aliphatic rings. The van der Waals surface area contributed by atoms with Gasteiger partial charge >= 0.3 is 0 Å². The summed E-state index contributed by atoms with van der Waals surface area (Å²) in [5, 5.41) is 5.18. The molecule has 2 aromatic carbocycles. The fourth-order valence-electron chi connectivity index (χ4n) is 3.35. The van der Waals surface area contributed by atoms with E-state index < -0.39 is 10.0 Å². The Labute approximate surface area is 198 Å². The molecule has 4 rings (SSSR count). The lowest BCUT2D eigenvalue weighted by Crippen LogP contribution is -2.14. The van der Waals surface area contributed by atoms with E-state index in [9.17, 15) is 8.42 Å². The number of rotatable bonds is 7. The van der Waals surface area contributed by atoms with Gasteiger partial charge in [-0.15, -0.1) is 0 Å². The zero-order valence-corrected chi connectivity index (χ0v) is 20.7. The predicted octanol–water partition coefficient (Wildman–Crippen LogP) is 5.33. The van der Waals surface area contributed by atoms with Crippen LogP contribution in [0, 0.1) is 0 Å². The van der Waals surface area contributed by atoms with Crippen LogP contribution in [0.4, 0.5) is 5.69 Å². The first-order chi connectivity index (χ1) is 15.7. The van der Waals surface area contributed by atoms with Gasteiger partial charge in [-0.2, -0.15) is 14.6 Å². The molecule has 0 aliphatic heterocycles. The molecule has 33 heavy (non-hydrogen) atoms. The number of sulfonamides is 1. The van der Waals surface area contributed by atoms with Gasteiger partial charge in [-0.1, -0.05) is 58.0 Å². The van der Waals surface area contributed by atoms with Crippen molar-refractivity contribution in [3.8, 4) is 0 Å². The van der Waals surface area contributed by atoms with Crippen molar-refractivity contribution in [2.45, 2.75) is 60.8 Å². The molecule has 0 amide bonds. The minimum absolute atomic E-state index is 0.0346.